The van der Waals surface area contributed by atoms with Crippen LogP contribution in [-0.4, -0.2) is 28.7 Å². The number of oxazole rings is 1. The Hall–Kier alpha value is -3.15. The van der Waals surface area contributed by atoms with Gasteiger partial charge < -0.3 is 14.6 Å². The molecule has 1 aromatic heterocycles. The number of aromatic nitrogens is 1. The van der Waals surface area contributed by atoms with E-state index in [2.05, 4.69) is 10.3 Å². The summed E-state index contributed by atoms with van der Waals surface area (Å²) in [7, 11) is 1.75. The highest BCUT2D eigenvalue weighted by atomic mass is 16.3. The minimum atomic E-state index is -0.452. The number of amides is 2. The lowest BCUT2D eigenvalue weighted by Gasteiger charge is -2.25. The summed E-state index contributed by atoms with van der Waals surface area (Å²) in [5.74, 6) is -0.190. The van der Waals surface area contributed by atoms with E-state index in [1.165, 1.54) is 0 Å². The first kappa shape index (κ1) is 18.2. The number of likely N-dealkylation sites (tertiary alicyclic amines) is 1. The predicted octanol–water partition coefficient (Wildman–Crippen LogP) is 3.53. The summed E-state index contributed by atoms with van der Waals surface area (Å²) in [5, 5.41) is 2.98. The Balaban J connectivity index is 1.55. The van der Waals surface area contributed by atoms with E-state index in [1.807, 2.05) is 62.4 Å². The molecule has 144 valence electrons. The van der Waals surface area contributed by atoms with Crippen molar-refractivity contribution >= 4 is 22.9 Å². The Morgan fingerprint density at radius 1 is 1.21 bits per heavy atom. The summed E-state index contributed by atoms with van der Waals surface area (Å²) in [5.41, 5.74) is 3.55. The number of benzene rings is 2. The van der Waals surface area contributed by atoms with Crippen molar-refractivity contribution in [2.45, 2.75) is 32.4 Å². The van der Waals surface area contributed by atoms with E-state index in [0.29, 0.717) is 11.5 Å². The second-order valence-corrected chi connectivity index (χ2v) is 7.42. The molecule has 0 saturated carbocycles. The number of hydrogen-bond acceptors (Lipinski definition) is 4. The fraction of sp³-hybridized carbons (Fsp3) is 0.318. The molecule has 3 aromatic rings. The van der Waals surface area contributed by atoms with Gasteiger partial charge >= 0.3 is 0 Å². The SMILES string of the molecule is Cc1ccc(C2C(C(=O)NC(C)c3nc4ccccc4o3)CC(=O)N2C)cc1. The van der Waals surface area contributed by atoms with E-state index in [1.54, 1.807) is 11.9 Å². The van der Waals surface area contributed by atoms with Gasteiger partial charge in [-0.2, -0.15) is 0 Å². The first-order valence-electron chi connectivity index (χ1n) is 9.42. The maximum atomic E-state index is 13.0. The van der Waals surface area contributed by atoms with Crippen LogP contribution in [0.4, 0.5) is 0 Å². The number of aryl methyl sites for hydroxylation is 1. The standard InChI is InChI=1S/C22H23N3O3/c1-13-8-10-15(11-9-13)20-16(12-19(26)25(20)3)21(27)23-14(2)22-24-17-6-4-5-7-18(17)28-22/h4-11,14,16,20H,12H2,1-3H3,(H,23,27). The average molecular weight is 377 g/mol. The Bertz CT molecular complexity index is 992. The number of carbonyl (C=O) groups is 2. The van der Waals surface area contributed by atoms with Crippen LogP contribution in [0, 0.1) is 12.8 Å². The van der Waals surface area contributed by atoms with Crippen molar-refractivity contribution < 1.29 is 14.0 Å². The quantitative estimate of drug-likeness (QED) is 0.755. The highest BCUT2D eigenvalue weighted by molar-refractivity contribution is 5.90. The van der Waals surface area contributed by atoms with Gasteiger partial charge in [0.25, 0.3) is 0 Å². The molecule has 28 heavy (non-hydrogen) atoms. The predicted molar refractivity (Wildman–Crippen MR) is 105 cm³/mol. The molecular weight excluding hydrogens is 354 g/mol. The Labute approximate surface area is 163 Å². The largest absolute Gasteiger partial charge is 0.438 e. The van der Waals surface area contributed by atoms with Gasteiger partial charge in [-0.3, -0.25) is 9.59 Å². The monoisotopic (exact) mass is 377 g/mol. The van der Waals surface area contributed by atoms with Crippen LogP contribution in [0.3, 0.4) is 0 Å². The van der Waals surface area contributed by atoms with Gasteiger partial charge in [0.2, 0.25) is 17.7 Å². The van der Waals surface area contributed by atoms with Crippen molar-refractivity contribution in [2.75, 3.05) is 7.05 Å². The molecule has 1 saturated heterocycles. The summed E-state index contributed by atoms with van der Waals surface area (Å²) in [4.78, 5) is 31.5. The van der Waals surface area contributed by atoms with Gasteiger partial charge in [-0.05, 0) is 31.5 Å². The van der Waals surface area contributed by atoms with E-state index < -0.39 is 5.92 Å². The summed E-state index contributed by atoms with van der Waals surface area (Å²) in [6, 6.07) is 14.8. The lowest BCUT2D eigenvalue weighted by Crippen LogP contribution is -2.36. The molecule has 0 bridgehead atoms. The second-order valence-electron chi connectivity index (χ2n) is 7.42. The second kappa shape index (κ2) is 7.11. The fourth-order valence-electron chi connectivity index (χ4n) is 3.78. The van der Waals surface area contributed by atoms with Gasteiger partial charge in [-0.15, -0.1) is 0 Å². The van der Waals surface area contributed by atoms with Crippen molar-refractivity contribution in [1.82, 2.24) is 15.2 Å². The summed E-state index contributed by atoms with van der Waals surface area (Å²) in [6.07, 6.45) is 0.196. The number of hydrogen-bond donors (Lipinski definition) is 1. The molecule has 0 spiro atoms. The lowest BCUT2D eigenvalue weighted by molar-refractivity contribution is -0.128. The molecule has 2 heterocycles. The van der Waals surface area contributed by atoms with Crippen LogP contribution < -0.4 is 5.32 Å². The molecule has 0 radical (unpaired) electrons. The van der Waals surface area contributed by atoms with E-state index in [-0.39, 0.29) is 30.3 Å². The van der Waals surface area contributed by atoms with Crippen LogP contribution in [0.1, 0.15) is 42.4 Å². The molecule has 2 amide bonds. The van der Waals surface area contributed by atoms with Gasteiger partial charge in [-0.1, -0.05) is 42.0 Å². The maximum absolute atomic E-state index is 13.0. The summed E-state index contributed by atoms with van der Waals surface area (Å²) < 4.78 is 5.76. The number of para-hydroxylation sites is 2. The zero-order valence-electron chi connectivity index (χ0n) is 16.2. The zero-order valence-corrected chi connectivity index (χ0v) is 16.2. The van der Waals surface area contributed by atoms with Gasteiger partial charge in [0, 0.05) is 13.5 Å². The summed E-state index contributed by atoms with van der Waals surface area (Å²) >= 11 is 0. The molecule has 1 aliphatic rings. The van der Waals surface area contributed by atoms with Gasteiger partial charge in [0.15, 0.2) is 5.58 Å². The fourth-order valence-corrected chi connectivity index (χ4v) is 3.78. The Kier molecular flexibility index (Phi) is 4.63. The summed E-state index contributed by atoms with van der Waals surface area (Å²) in [6.45, 7) is 3.85. The molecule has 4 rings (SSSR count). The number of carbonyl (C=O) groups excluding carboxylic acids is 2. The van der Waals surface area contributed by atoms with E-state index in [0.717, 1.165) is 16.6 Å². The number of rotatable bonds is 4. The van der Waals surface area contributed by atoms with Crippen molar-refractivity contribution in [1.29, 1.82) is 0 Å². The highest BCUT2D eigenvalue weighted by Gasteiger charge is 2.43. The number of nitrogens with zero attached hydrogens (tertiary/aromatic N) is 2. The van der Waals surface area contributed by atoms with Crippen LogP contribution in [0.2, 0.25) is 0 Å². The third-order valence-electron chi connectivity index (χ3n) is 5.38. The normalized spacial score (nSPS) is 20.5. The van der Waals surface area contributed by atoms with Crippen LogP contribution in [0.25, 0.3) is 11.1 Å². The molecule has 1 fully saturated rings. The molecule has 3 atom stereocenters. The molecule has 0 aliphatic carbocycles. The van der Waals surface area contributed by atoms with E-state index in [9.17, 15) is 9.59 Å². The molecule has 3 unspecified atom stereocenters. The third-order valence-corrected chi connectivity index (χ3v) is 5.38. The van der Waals surface area contributed by atoms with E-state index >= 15 is 0 Å². The molecule has 1 aliphatic heterocycles. The smallest absolute Gasteiger partial charge is 0.226 e. The lowest BCUT2D eigenvalue weighted by atomic mass is 9.92. The molecule has 1 N–H and O–H groups in total. The van der Waals surface area contributed by atoms with Crippen LogP contribution in [0.5, 0.6) is 0 Å². The van der Waals surface area contributed by atoms with Crippen molar-refractivity contribution in [3.05, 3.63) is 65.5 Å². The topological polar surface area (TPSA) is 75.4 Å². The molecular formula is C22H23N3O3. The minimum absolute atomic E-state index is 0.0276. The van der Waals surface area contributed by atoms with Crippen molar-refractivity contribution in [3.63, 3.8) is 0 Å². The highest BCUT2D eigenvalue weighted by Crippen LogP contribution is 2.37. The first-order chi connectivity index (χ1) is 13.4. The third kappa shape index (κ3) is 3.26. The Morgan fingerprint density at radius 2 is 1.93 bits per heavy atom. The first-order valence-corrected chi connectivity index (χ1v) is 9.42. The van der Waals surface area contributed by atoms with Gasteiger partial charge in [0.1, 0.15) is 11.6 Å². The van der Waals surface area contributed by atoms with Gasteiger partial charge in [0.05, 0.1) is 12.0 Å². The van der Waals surface area contributed by atoms with Crippen molar-refractivity contribution in [3.8, 4) is 0 Å². The minimum Gasteiger partial charge on any atom is -0.438 e. The van der Waals surface area contributed by atoms with Gasteiger partial charge in [-0.25, -0.2) is 4.98 Å². The molecule has 6 nitrogen and oxygen atoms in total. The maximum Gasteiger partial charge on any atom is 0.226 e. The van der Waals surface area contributed by atoms with Crippen LogP contribution >= 0.6 is 0 Å². The number of fused-ring (bicyclic) bond motifs is 1. The van der Waals surface area contributed by atoms with Crippen LogP contribution in [0.15, 0.2) is 52.9 Å². The zero-order chi connectivity index (χ0) is 19.8. The van der Waals surface area contributed by atoms with E-state index in [4.69, 9.17) is 4.42 Å². The number of nitrogens with one attached hydrogen (secondary N) is 1. The average Bonchev–Trinajstić information content (AvgIpc) is 3.24. The molecule has 6 heteroatoms. The van der Waals surface area contributed by atoms with Crippen molar-refractivity contribution in [2.24, 2.45) is 5.92 Å². The van der Waals surface area contributed by atoms with Crippen LogP contribution in [-0.2, 0) is 9.59 Å². The Morgan fingerprint density at radius 3 is 2.64 bits per heavy atom. The molecule has 2 aromatic carbocycles.